The maximum absolute atomic E-state index is 11.7. The van der Waals surface area contributed by atoms with Crippen molar-refractivity contribution in [1.82, 2.24) is 4.90 Å². The van der Waals surface area contributed by atoms with E-state index >= 15 is 0 Å². The van der Waals surface area contributed by atoms with Gasteiger partial charge in [-0.15, -0.1) is 0 Å². The predicted molar refractivity (Wildman–Crippen MR) is 89.9 cm³/mol. The van der Waals surface area contributed by atoms with E-state index in [0.29, 0.717) is 5.92 Å². The van der Waals surface area contributed by atoms with Crippen LogP contribution < -0.4 is 5.73 Å². The van der Waals surface area contributed by atoms with Gasteiger partial charge in [-0.05, 0) is 56.0 Å². The van der Waals surface area contributed by atoms with Crippen LogP contribution in [0.2, 0.25) is 5.02 Å². The molecular weight excluding hydrogens is 320 g/mol. The van der Waals surface area contributed by atoms with Gasteiger partial charge in [-0.1, -0.05) is 23.7 Å². The third-order valence-electron chi connectivity index (χ3n) is 4.92. The van der Waals surface area contributed by atoms with Crippen molar-refractivity contribution >= 4 is 21.4 Å². The Labute approximate surface area is 137 Å². The van der Waals surface area contributed by atoms with Gasteiger partial charge in [0.25, 0.3) is 0 Å². The van der Waals surface area contributed by atoms with Crippen molar-refractivity contribution in [2.45, 2.75) is 31.3 Å². The van der Waals surface area contributed by atoms with Crippen LogP contribution in [0.3, 0.4) is 0 Å². The number of hydrogen-bond donors (Lipinski definition) is 1. The maximum atomic E-state index is 11.7. The lowest BCUT2D eigenvalue weighted by molar-refractivity contribution is 0.135. The molecule has 122 valence electrons. The molecule has 1 aromatic carbocycles. The summed E-state index contributed by atoms with van der Waals surface area (Å²) in [5.41, 5.74) is 7.35. The molecule has 2 fully saturated rings. The fourth-order valence-corrected chi connectivity index (χ4v) is 5.72. The summed E-state index contributed by atoms with van der Waals surface area (Å²) >= 11 is 5.92. The highest BCUT2D eigenvalue weighted by Crippen LogP contribution is 2.26. The van der Waals surface area contributed by atoms with Crippen LogP contribution in [0, 0.1) is 5.92 Å². The second kappa shape index (κ2) is 6.48. The molecule has 2 atom stereocenters. The number of rotatable bonds is 3. The minimum atomic E-state index is -2.94. The van der Waals surface area contributed by atoms with Crippen LogP contribution in [-0.4, -0.2) is 50.0 Å². The molecular formula is C16H23ClN2O2S. The molecule has 1 aromatic rings. The quantitative estimate of drug-likeness (QED) is 0.908. The molecule has 0 spiro atoms. The zero-order valence-electron chi connectivity index (χ0n) is 12.6. The molecule has 0 aliphatic carbocycles. The van der Waals surface area contributed by atoms with Gasteiger partial charge in [0.2, 0.25) is 0 Å². The Hall–Kier alpha value is -0.620. The first-order valence-corrected chi connectivity index (χ1v) is 10.1. The summed E-state index contributed by atoms with van der Waals surface area (Å²) in [5.74, 6) is 1.03. The van der Waals surface area contributed by atoms with Crippen molar-refractivity contribution in [3.63, 3.8) is 0 Å². The van der Waals surface area contributed by atoms with Gasteiger partial charge in [-0.25, -0.2) is 8.42 Å². The molecule has 0 amide bonds. The summed E-state index contributed by atoms with van der Waals surface area (Å²) in [6, 6.07) is 7.85. The topological polar surface area (TPSA) is 63.4 Å². The Morgan fingerprint density at radius 1 is 1.14 bits per heavy atom. The fraction of sp³-hybridized carbons (Fsp3) is 0.625. The Kier molecular flexibility index (Phi) is 4.78. The molecule has 0 aromatic heterocycles. The molecule has 0 saturated carbocycles. The van der Waals surface area contributed by atoms with E-state index in [1.54, 1.807) is 0 Å². The molecule has 2 aliphatic rings. The molecule has 2 saturated heterocycles. The van der Waals surface area contributed by atoms with E-state index in [1.807, 2.05) is 12.1 Å². The molecule has 2 heterocycles. The molecule has 0 radical (unpaired) electrons. The van der Waals surface area contributed by atoms with Crippen molar-refractivity contribution in [3.05, 3.63) is 34.9 Å². The van der Waals surface area contributed by atoms with Gasteiger partial charge >= 0.3 is 0 Å². The van der Waals surface area contributed by atoms with Crippen LogP contribution in [0.5, 0.6) is 0 Å². The molecule has 3 rings (SSSR count). The van der Waals surface area contributed by atoms with Crippen molar-refractivity contribution in [3.8, 4) is 0 Å². The SMILES string of the molecule is NC1CS(=O)(=O)CC1N1CCC(Cc2ccc(Cl)cc2)CC1. The van der Waals surface area contributed by atoms with Gasteiger partial charge in [0.1, 0.15) is 0 Å². The molecule has 0 bridgehead atoms. The predicted octanol–water partition coefficient (Wildman–Crippen LogP) is 1.72. The fourth-order valence-electron chi connectivity index (χ4n) is 3.67. The van der Waals surface area contributed by atoms with Crippen molar-refractivity contribution in [2.24, 2.45) is 11.7 Å². The first-order valence-electron chi connectivity index (χ1n) is 7.87. The van der Waals surface area contributed by atoms with E-state index < -0.39 is 9.84 Å². The summed E-state index contributed by atoms with van der Waals surface area (Å²) in [5, 5.41) is 0.773. The summed E-state index contributed by atoms with van der Waals surface area (Å²) in [6.07, 6.45) is 3.28. The largest absolute Gasteiger partial charge is 0.325 e. The summed E-state index contributed by atoms with van der Waals surface area (Å²) in [7, 11) is -2.94. The number of nitrogens with two attached hydrogens (primary N) is 1. The summed E-state index contributed by atoms with van der Waals surface area (Å²) in [6.45, 7) is 1.90. The smallest absolute Gasteiger partial charge is 0.153 e. The van der Waals surface area contributed by atoms with Crippen molar-refractivity contribution < 1.29 is 8.42 Å². The molecule has 2 unspecified atom stereocenters. The number of sulfone groups is 1. The van der Waals surface area contributed by atoms with E-state index in [2.05, 4.69) is 17.0 Å². The molecule has 4 nitrogen and oxygen atoms in total. The van der Waals surface area contributed by atoms with Crippen LogP contribution in [-0.2, 0) is 16.3 Å². The normalized spacial score (nSPS) is 29.7. The number of nitrogens with zero attached hydrogens (tertiary/aromatic N) is 1. The third kappa shape index (κ3) is 3.82. The van der Waals surface area contributed by atoms with Gasteiger partial charge in [0, 0.05) is 17.1 Å². The van der Waals surface area contributed by atoms with E-state index in [9.17, 15) is 8.42 Å². The van der Waals surface area contributed by atoms with E-state index in [1.165, 1.54) is 5.56 Å². The lowest BCUT2D eigenvalue weighted by Gasteiger charge is -2.37. The first-order chi connectivity index (χ1) is 10.4. The number of benzene rings is 1. The number of piperidine rings is 1. The van der Waals surface area contributed by atoms with Crippen LogP contribution in [0.4, 0.5) is 0 Å². The van der Waals surface area contributed by atoms with E-state index in [4.69, 9.17) is 17.3 Å². The molecule has 2 aliphatic heterocycles. The van der Waals surface area contributed by atoms with Gasteiger partial charge in [0.05, 0.1) is 11.5 Å². The minimum Gasteiger partial charge on any atom is -0.325 e. The summed E-state index contributed by atoms with van der Waals surface area (Å²) in [4.78, 5) is 2.29. The zero-order chi connectivity index (χ0) is 15.7. The Balaban J connectivity index is 1.53. The van der Waals surface area contributed by atoms with E-state index in [0.717, 1.165) is 37.4 Å². The number of likely N-dealkylation sites (tertiary alicyclic amines) is 1. The standard InChI is InChI=1S/C16H23ClN2O2S/c17-14-3-1-12(2-4-14)9-13-5-7-19(8-6-13)16-11-22(20,21)10-15(16)18/h1-4,13,15-16H,5-11,18H2. The highest BCUT2D eigenvalue weighted by Gasteiger charge is 2.39. The lowest BCUT2D eigenvalue weighted by Crippen LogP contribution is -2.50. The summed E-state index contributed by atoms with van der Waals surface area (Å²) < 4.78 is 23.4. The minimum absolute atomic E-state index is 0.0153. The average molecular weight is 343 g/mol. The molecule has 6 heteroatoms. The first kappa shape index (κ1) is 16.2. The zero-order valence-corrected chi connectivity index (χ0v) is 14.2. The number of hydrogen-bond acceptors (Lipinski definition) is 4. The highest BCUT2D eigenvalue weighted by atomic mass is 35.5. The van der Waals surface area contributed by atoms with Gasteiger partial charge < -0.3 is 5.73 Å². The Bertz CT molecular complexity index is 610. The monoisotopic (exact) mass is 342 g/mol. The van der Waals surface area contributed by atoms with Crippen molar-refractivity contribution in [2.75, 3.05) is 24.6 Å². The molecule has 22 heavy (non-hydrogen) atoms. The van der Waals surface area contributed by atoms with Crippen molar-refractivity contribution in [1.29, 1.82) is 0 Å². The van der Waals surface area contributed by atoms with Gasteiger partial charge in [-0.3, -0.25) is 4.90 Å². The Morgan fingerprint density at radius 3 is 2.32 bits per heavy atom. The van der Waals surface area contributed by atoms with Crippen LogP contribution in [0.1, 0.15) is 18.4 Å². The maximum Gasteiger partial charge on any atom is 0.153 e. The van der Waals surface area contributed by atoms with Crippen LogP contribution >= 0.6 is 11.6 Å². The lowest BCUT2D eigenvalue weighted by atomic mass is 9.89. The Morgan fingerprint density at radius 2 is 1.77 bits per heavy atom. The molecule has 2 N–H and O–H groups in total. The van der Waals surface area contributed by atoms with Crippen LogP contribution in [0.25, 0.3) is 0 Å². The van der Waals surface area contributed by atoms with E-state index in [-0.39, 0.29) is 23.6 Å². The van der Waals surface area contributed by atoms with Gasteiger partial charge in [-0.2, -0.15) is 0 Å². The highest BCUT2D eigenvalue weighted by molar-refractivity contribution is 7.91. The average Bonchev–Trinajstić information content (AvgIpc) is 2.75. The van der Waals surface area contributed by atoms with Crippen LogP contribution in [0.15, 0.2) is 24.3 Å². The second-order valence-corrected chi connectivity index (χ2v) is 9.21. The third-order valence-corrected chi connectivity index (χ3v) is 6.92. The van der Waals surface area contributed by atoms with Gasteiger partial charge in [0.15, 0.2) is 9.84 Å². The number of halogens is 1. The second-order valence-electron chi connectivity index (χ2n) is 6.62.